The Kier molecular flexibility index (Phi) is 9.01. The minimum Gasteiger partial charge on any atom is -0.351 e. The molecule has 11 heteroatoms. The van der Waals surface area contributed by atoms with Gasteiger partial charge in [0.1, 0.15) is 6.04 Å². The van der Waals surface area contributed by atoms with Crippen LogP contribution in [0.25, 0.3) is 0 Å². The van der Waals surface area contributed by atoms with Crippen molar-refractivity contribution in [3.8, 4) is 0 Å². The van der Waals surface area contributed by atoms with Crippen LogP contribution < -0.4 is 5.32 Å². The van der Waals surface area contributed by atoms with E-state index in [9.17, 15) is 31.2 Å². The Balaban J connectivity index is 1.81. The maximum absolute atomic E-state index is 13.5. The summed E-state index contributed by atoms with van der Waals surface area (Å²) in [6.45, 7) is 5.35. The molecule has 1 heterocycles. The van der Waals surface area contributed by atoms with Crippen molar-refractivity contribution < 1.29 is 31.2 Å². The van der Waals surface area contributed by atoms with E-state index in [1.807, 2.05) is 0 Å². The number of sulfonamides is 1. The Morgan fingerprint density at radius 1 is 1.00 bits per heavy atom. The number of nitrogens with one attached hydrogen (secondary N) is 1. The van der Waals surface area contributed by atoms with E-state index in [1.54, 1.807) is 12.1 Å². The summed E-state index contributed by atoms with van der Waals surface area (Å²) >= 11 is 0. The van der Waals surface area contributed by atoms with Gasteiger partial charge in [-0.15, -0.1) is 0 Å². The zero-order valence-electron chi connectivity index (χ0n) is 21.1. The standard InChI is InChI=1S/C26H32F3N3O4S/c1-4-20(5-2)21-8-12-23(13-9-21)37(35,36)32-15-14-31(18(3)33)17-24(32)25(34)30-16-19-6-10-22(11-7-19)26(27,28)29/h6-13,20,24H,4-5,14-17H2,1-3H3,(H,30,34). The van der Waals surface area contributed by atoms with Gasteiger partial charge in [-0.3, -0.25) is 9.59 Å². The summed E-state index contributed by atoms with van der Waals surface area (Å²) in [5, 5.41) is 2.61. The highest BCUT2D eigenvalue weighted by Crippen LogP contribution is 2.29. The predicted molar refractivity (Wildman–Crippen MR) is 133 cm³/mol. The van der Waals surface area contributed by atoms with Crippen molar-refractivity contribution in [3.63, 3.8) is 0 Å². The first-order valence-corrected chi connectivity index (χ1v) is 13.6. The summed E-state index contributed by atoms with van der Waals surface area (Å²) in [5.74, 6) is -0.602. The fourth-order valence-electron chi connectivity index (χ4n) is 4.48. The van der Waals surface area contributed by atoms with E-state index >= 15 is 0 Å². The van der Waals surface area contributed by atoms with Crippen molar-refractivity contribution in [1.29, 1.82) is 0 Å². The van der Waals surface area contributed by atoms with E-state index < -0.39 is 33.7 Å². The predicted octanol–water partition coefficient (Wildman–Crippen LogP) is 4.15. The van der Waals surface area contributed by atoms with Crippen LogP contribution in [0.2, 0.25) is 0 Å². The maximum atomic E-state index is 13.5. The SMILES string of the molecule is CCC(CC)c1ccc(S(=O)(=O)N2CCN(C(C)=O)CC2C(=O)NCc2ccc(C(F)(F)F)cc2)cc1. The molecule has 0 aliphatic carbocycles. The molecule has 37 heavy (non-hydrogen) atoms. The van der Waals surface area contributed by atoms with Crippen molar-refractivity contribution in [2.45, 2.75) is 63.2 Å². The Hall–Kier alpha value is -2.92. The Labute approximate surface area is 215 Å². The molecular formula is C26H32F3N3O4S. The Bertz CT molecular complexity index is 1200. The van der Waals surface area contributed by atoms with Gasteiger partial charge in [-0.25, -0.2) is 8.42 Å². The molecule has 7 nitrogen and oxygen atoms in total. The Morgan fingerprint density at radius 3 is 2.11 bits per heavy atom. The molecule has 0 saturated carbocycles. The molecule has 1 aliphatic heterocycles. The van der Waals surface area contributed by atoms with Gasteiger partial charge in [-0.05, 0) is 54.2 Å². The number of amides is 2. The van der Waals surface area contributed by atoms with Crippen molar-refractivity contribution in [1.82, 2.24) is 14.5 Å². The van der Waals surface area contributed by atoms with Crippen LogP contribution in [0.1, 0.15) is 56.2 Å². The van der Waals surface area contributed by atoms with Gasteiger partial charge in [-0.2, -0.15) is 17.5 Å². The molecule has 0 bridgehead atoms. The molecule has 1 saturated heterocycles. The smallest absolute Gasteiger partial charge is 0.351 e. The van der Waals surface area contributed by atoms with E-state index in [0.717, 1.165) is 34.8 Å². The minimum atomic E-state index is -4.47. The molecule has 3 rings (SSSR count). The fraction of sp³-hybridized carbons (Fsp3) is 0.462. The lowest BCUT2D eigenvalue weighted by molar-refractivity contribution is -0.138. The second kappa shape index (κ2) is 11.6. The summed E-state index contributed by atoms with van der Waals surface area (Å²) in [7, 11) is -4.06. The third-order valence-electron chi connectivity index (χ3n) is 6.77. The highest BCUT2D eigenvalue weighted by Gasteiger charge is 2.40. The van der Waals surface area contributed by atoms with E-state index in [2.05, 4.69) is 19.2 Å². The molecule has 1 aliphatic rings. The number of nitrogens with zero attached hydrogens (tertiary/aromatic N) is 2. The van der Waals surface area contributed by atoms with Gasteiger partial charge in [0, 0.05) is 33.1 Å². The van der Waals surface area contributed by atoms with Gasteiger partial charge in [0.05, 0.1) is 10.5 Å². The van der Waals surface area contributed by atoms with Crippen LogP contribution in [0.4, 0.5) is 13.2 Å². The number of hydrogen-bond acceptors (Lipinski definition) is 4. The van der Waals surface area contributed by atoms with Crippen LogP contribution in [-0.2, 0) is 32.3 Å². The first-order chi connectivity index (χ1) is 17.4. The summed E-state index contributed by atoms with van der Waals surface area (Å²) < 4.78 is 66.6. The van der Waals surface area contributed by atoms with Crippen LogP contribution in [0.5, 0.6) is 0 Å². The molecule has 1 atom stereocenters. The number of rotatable bonds is 8. The number of hydrogen-bond donors (Lipinski definition) is 1. The first-order valence-electron chi connectivity index (χ1n) is 12.2. The average Bonchev–Trinajstić information content (AvgIpc) is 2.87. The molecule has 2 aromatic carbocycles. The largest absolute Gasteiger partial charge is 0.416 e. The molecule has 0 spiro atoms. The summed E-state index contributed by atoms with van der Waals surface area (Å²) in [6.07, 6.45) is -2.62. The second-order valence-electron chi connectivity index (χ2n) is 9.09. The van der Waals surface area contributed by atoms with Crippen molar-refractivity contribution in [2.24, 2.45) is 0 Å². The van der Waals surface area contributed by atoms with Crippen LogP contribution in [0.3, 0.4) is 0 Å². The van der Waals surface area contributed by atoms with E-state index in [0.29, 0.717) is 11.5 Å². The summed E-state index contributed by atoms with van der Waals surface area (Å²) in [6, 6.07) is 9.81. The van der Waals surface area contributed by atoms with Gasteiger partial charge >= 0.3 is 6.18 Å². The summed E-state index contributed by atoms with van der Waals surface area (Å²) in [4.78, 5) is 26.6. The highest BCUT2D eigenvalue weighted by molar-refractivity contribution is 7.89. The normalized spacial score (nSPS) is 17.2. The number of carbonyl (C=O) groups excluding carboxylic acids is 2. The van der Waals surface area contributed by atoms with E-state index in [4.69, 9.17) is 0 Å². The number of alkyl halides is 3. The van der Waals surface area contributed by atoms with Crippen LogP contribution in [0, 0.1) is 0 Å². The molecule has 1 N–H and O–H groups in total. The highest BCUT2D eigenvalue weighted by atomic mass is 32.2. The van der Waals surface area contributed by atoms with Crippen molar-refractivity contribution in [3.05, 3.63) is 65.2 Å². The third-order valence-corrected chi connectivity index (χ3v) is 8.69. The molecule has 0 aromatic heterocycles. The molecule has 0 radical (unpaired) electrons. The number of benzene rings is 2. The van der Waals surface area contributed by atoms with Gasteiger partial charge in [-0.1, -0.05) is 38.1 Å². The number of piperazine rings is 1. The third kappa shape index (κ3) is 6.70. The molecule has 1 unspecified atom stereocenters. The lowest BCUT2D eigenvalue weighted by Crippen LogP contribution is -2.61. The fourth-order valence-corrected chi connectivity index (χ4v) is 6.05. The number of carbonyl (C=O) groups is 2. The van der Waals surface area contributed by atoms with Crippen LogP contribution >= 0.6 is 0 Å². The van der Waals surface area contributed by atoms with E-state index in [-0.39, 0.29) is 37.0 Å². The molecule has 1 fully saturated rings. The molecular weight excluding hydrogens is 507 g/mol. The molecule has 2 aromatic rings. The second-order valence-corrected chi connectivity index (χ2v) is 11.0. The van der Waals surface area contributed by atoms with Crippen LogP contribution in [-0.4, -0.2) is 55.1 Å². The van der Waals surface area contributed by atoms with E-state index in [1.165, 1.54) is 36.1 Å². The Morgan fingerprint density at radius 2 is 1.59 bits per heavy atom. The monoisotopic (exact) mass is 539 g/mol. The zero-order valence-corrected chi connectivity index (χ0v) is 21.9. The quantitative estimate of drug-likeness (QED) is 0.546. The minimum absolute atomic E-state index is 0.0546. The lowest BCUT2D eigenvalue weighted by Gasteiger charge is -2.39. The summed E-state index contributed by atoms with van der Waals surface area (Å²) in [5.41, 5.74) is 0.655. The van der Waals surface area contributed by atoms with Gasteiger partial charge in [0.25, 0.3) is 0 Å². The van der Waals surface area contributed by atoms with Gasteiger partial charge in [0.15, 0.2) is 0 Å². The van der Waals surface area contributed by atoms with Crippen molar-refractivity contribution in [2.75, 3.05) is 19.6 Å². The lowest BCUT2D eigenvalue weighted by atomic mass is 9.94. The number of halogens is 3. The average molecular weight is 540 g/mol. The maximum Gasteiger partial charge on any atom is 0.416 e. The topological polar surface area (TPSA) is 86.8 Å². The molecule has 202 valence electrons. The first kappa shape index (κ1) is 28.6. The zero-order chi connectivity index (χ0) is 27.4. The molecule has 2 amide bonds. The van der Waals surface area contributed by atoms with Crippen molar-refractivity contribution >= 4 is 21.8 Å². The van der Waals surface area contributed by atoms with Gasteiger partial charge < -0.3 is 10.2 Å². The van der Waals surface area contributed by atoms with Gasteiger partial charge in [0.2, 0.25) is 21.8 Å². The van der Waals surface area contributed by atoms with Crippen LogP contribution in [0.15, 0.2) is 53.4 Å².